The Labute approximate surface area is 131 Å². The van der Waals surface area contributed by atoms with Crippen molar-refractivity contribution in [3.63, 3.8) is 0 Å². The van der Waals surface area contributed by atoms with E-state index in [9.17, 15) is 4.39 Å². The Kier molecular flexibility index (Phi) is 5.77. The van der Waals surface area contributed by atoms with E-state index in [4.69, 9.17) is 11.6 Å². The summed E-state index contributed by atoms with van der Waals surface area (Å²) in [6.45, 7) is 4.15. The molecule has 0 aliphatic carbocycles. The highest BCUT2D eigenvalue weighted by atomic mass is 35.5. The first-order valence-electron chi connectivity index (χ1n) is 7.37. The van der Waals surface area contributed by atoms with Crippen LogP contribution < -0.4 is 5.32 Å². The maximum Gasteiger partial charge on any atom is 0.127 e. The molecule has 2 atom stereocenters. The Bertz CT molecular complexity index is 568. The molecule has 0 spiro atoms. The first-order valence-corrected chi connectivity index (χ1v) is 7.75. The molecule has 3 heteroatoms. The molecule has 0 bridgehead atoms. The molecule has 2 aromatic carbocycles. The first-order chi connectivity index (χ1) is 10.1. The predicted octanol–water partition coefficient (Wildman–Crippen LogP) is 5.67. The summed E-state index contributed by atoms with van der Waals surface area (Å²) in [7, 11) is 0. The minimum Gasteiger partial charge on any atom is -0.303 e. The van der Waals surface area contributed by atoms with Crippen molar-refractivity contribution in [2.45, 2.75) is 38.8 Å². The van der Waals surface area contributed by atoms with E-state index in [-0.39, 0.29) is 17.9 Å². The van der Waals surface area contributed by atoms with E-state index in [0.29, 0.717) is 5.56 Å². The molecular weight excluding hydrogens is 285 g/mol. The summed E-state index contributed by atoms with van der Waals surface area (Å²) in [6.07, 6.45) is 2.06. The summed E-state index contributed by atoms with van der Waals surface area (Å²) in [5, 5.41) is 4.26. The first kappa shape index (κ1) is 16.0. The summed E-state index contributed by atoms with van der Waals surface area (Å²) < 4.78 is 13.9. The Morgan fingerprint density at radius 3 is 2.38 bits per heavy atom. The van der Waals surface area contributed by atoms with Gasteiger partial charge in [0, 0.05) is 22.7 Å². The second kappa shape index (κ2) is 7.58. The Morgan fingerprint density at radius 1 is 1.10 bits per heavy atom. The largest absolute Gasteiger partial charge is 0.303 e. The molecule has 112 valence electrons. The van der Waals surface area contributed by atoms with Crippen LogP contribution in [0.3, 0.4) is 0 Å². The lowest BCUT2D eigenvalue weighted by atomic mass is 9.99. The number of hydrogen-bond donors (Lipinski definition) is 1. The monoisotopic (exact) mass is 305 g/mol. The van der Waals surface area contributed by atoms with Gasteiger partial charge in [-0.05, 0) is 37.1 Å². The summed E-state index contributed by atoms with van der Waals surface area (Å²) in [4.78, 5) is 0. The van der Waals surface area contributed by atoms with E-state index in [2.05, 4.69) is 12.2 Å². The molecule has 1 N–H and O–H groups in total. The standard InChI is InChI=1S/C18H21ClFN/c1-3-6-18(14-9-11-15(19)12-10-14)21-13(2)16-7-4-5-8-17(16)20/h4-5,7-13,18,21H,3,6H2,1-2H3/t13-,18?/m1/s1. The van der Waals surface area contributed by atoms with Gasteiger partial charge in [0.25, 0.3) is 0 Å². The highest BCUT2D eigenvalue weighted by Gasteiger charge is 2.16. The van der Waals surface area contributed by atoms with Crippen LogP contribution >= 0.6 is 11.6 Å². The van der Waals surface area contributed by atoms with Crippen LogP contribution in [0.2, 0.25) is 5.02 Å². The van der Waals surface area contributed by atoms with Crippen LogP contribution in [0.15, 0.2) is 48.5 Å². The fourth-order valence-electron chi connectivity index (χ4n) is 2.55. The van der Waals surface area contributed by atoms with Gasteiger partial charge in [-0.15, -0.1) is 0 Å². The number of rotatable bonds is 6. The maximum atomic E-state index is 13.9. The molecule has 1 nitrogen and oxygen atoms in total. The number of hydrogen-bond acceptors (Lipinski definition) is 1. The van der Waals surface area contributed by atoms with Gasteiger partial charge in [0.15, 0.2) is 0 Å². The van der Waals surface area contributed by atoms with E-state index in [0.717, 1.165) is 17.9 Å². The van der Waals surface area contributed by atoms with Gasteiger partial charge in [-0.25, -0.2) is 4.39 Å². The summed E-state index contributed by atoms with van der Waals surface area (Å²) in [5.41, 5.74) is 1.89. The van der Waals surface area contributed by atoms with E-state index in [1.54, 1.807) is 6.07 Å². The molecule has 0 heterocycles. The van der Waals surface area contributed by atoms with Gasteiger partial charge in [-0.1, -0.05) is 55.3 Å². The zero-order valence-corrected chi connectivity index (χ0v) is 13.2. The van der Waals surface area contributed by atoms with Crippen LogP contribution in [0.5, 0.6) is 0 Å². The fraction of sp³-hybridized carbons (Fsp3) is 0.333. The molecule has 0 saturated carbocycles. The van der Waals surface area contributed by atoms with Gasteiger partial charge in [0.1, 0.15) is 5.82 Å². The predicted molar refractivity (Wildman–Crippen MR) is 87.1 cm³/mol. The van der Waals surface area contributed by atoms with Crippen molar-refractivity contribution in [3.05, 3.63) is 70.5 Å². The molecule has 0 saturated heterocycles. The molecule has 0 fully saturated rings. The third kappa shape index (κ3) is 4.29. The quantitative estimate of drug-likeness (QED) is 0.725. The van der Waals surface area contributed by atoms with Crippen LogP contribution in [0.25, 0.3) is 0 Å². The lowest BCUT2D eigenvalue weighted by Gasteiger charge is -2.24. The average Bonchev–Trinajstić information content (AvgIpc) is 2.48. The Hall–Kier alpha value is -1.38. The van der Waals surface area contributed by atoms with E-state index < -0.39 is 0 Å². The molecule has 0 amide bonds. The topological polar surface area (TPSA) is 12.0 Å². The molecule has 0 aliphatic heterocycles. The average molecular weight is 306 g/mol. The summed E-state index contributed by atoms with van der Waals surface area (Å²) in [6, 6.07) is 14.9. The van der Waals surface area contributed by atoms with Crippen LogP contribution in [0.1, 0.15) is 49.9 Å². The normalized spacial score (nSPS) is 13.9. The molecule has 21 heavy (non-hydrogen) atoms. The lowest BCUT2D eigenvalue weighted by molar-refractivity contribution is 0.428. The minimum absolute atomic E-state index is 0.0431. The number of benzene rings is 2. The zero-order chi connectivity index (χ0) is 15.2. The van der Waals surface area contributed by atoms with Gasteiger partial charge in [0.05, 0.1) is 0 Å². The minimum atomic E-state index is -0.163. The van der Waals surface area contributed by atoms with E-state index in [1.807, 2.05) is 43.3 Å². The van der Waals surface area contributed by atoms with Crippen LogP contribution in [-0.2, 0) is 0 Å². The second-order valence-electron chi connectivity index (χ2n) is 5.30. The highest BCUT2D eigenvalue weighted by Crippen LogP contribution is 2.25. The van der Waals surface area contributed by atoms with Crippen molar-refractivity contribution >= 4 is 11.6 Å². The molecular formula is C18H21ClFN. The van der Waals surface area contributed by atoms with Crippen molar-refractivity contribution in [1.29, 1.82) is 0 Å². The molecule has 2 rings (SSSR count). The third-order valence-corrected chi connectivity index (χ3v) is 3.92. The van der Waals surface area contributed by atoms with Crippen molar-refractivity contribution in [2.24, 2.45) is 0 Å². The van der Waals surface area contributed by atoms with Gasteiger partial charge in [0.2, 0.25) is 0 Å². The molecule has 0 aromatic heterocycles. The lowest BCUT2D eigenvalue weighted by Crippen LogP contribution is -2.25. The van der Waals surface area contributed by atoms with Gasteiger partial charge < -0.3 is 5.32 Å². The van der Waals surface area contributed by atoms with E-state index in [1.165, 1.54) is 11.6 Å². The molecule has 0 radical (unpaired) electrons. The Morgan fingerprint density at radius 2 is 1.76 bits per heavy atom. The van der Waals surface area contributed by atoms with Crippen molar-refractivity contribution in [1.82, 2.24) is 5.32 Å². The number of halogens is 2. The van der Waals surface area contributed by atoms with Gasteiger partial charge >= 0.3 is 0 Å². The molecule has 1 unspecified atom stereocenters. The second-order valence-corrected chi connectivity index (χ2v) is 5.74. The third-order valence-electron chi connectivity index (χ3n) is 3.67. The molecule has 2 aromatic rings. The summed E-state index contributed by atoms with van der Waals surface area (Å²) in [5.74, 6) is -0.163. The highest BCUT2D eigenvalue weighted by molar-refractivity contribution is 6.30. The fourth-order valence-corrected chi connectivity index (χ4v) is 2.67. The van der Waals surface area contributed by atoms with Crippen molar-refractivity contribution in [3.8, 4) is 0 Å². The maximum absolute atomic E-state index is 13.9. The van der Waals surface area contributed by atoms with Crippen LogP contribution in [0, 0.1) is 5.82 Å². The Balaban J connectivity index is 2.16. The van der Waals surface area contributed by atoms with Crippen molar-refractivity contribution < 1.29 is 4.39 Å². The zero-order valence-electron chi connectivity index (χ0n) is 12.4. The summed E-state index contributed by atoms with van der Waals surface area (Å²) >= 11 is 5.95. The van der Waals surface area contributed by atoms with Crippen LogP contribution in [0.4, 0.5) is 4.39 Å². The number of nitrogens with one attached hydrogen (secondary N) is 1. The van der Waals surface area contributed by atoms with Gasteiger partial charge in [-0.3, -0.25) is 0 Å². The van der Waals surface area contributed by atoms with Gasteiger partial charge in [-0.2, -0.15) is 0 Å². The van der Waals surface area contributed by atoms with Crippen LogP contribution in [-0.4, -0.2) is 0 Å². The SMILES string of the molecule is CCCC(N[C@H](C)c1ccccc1F)c1ccc(Cl)cc1. The van der Waals surface area contributed by atoms with Crippen molar-refractivity contribution in [2.75, 3.05) is 0 Å². The smallest absolute Gasteiger partial charge is 0.127 e. The molecule has 0 aliphatic rings. The van der Waals surface area contributed by atoms with E-state index >= 15 is 0 Å².